The molecule has 1 aliphatic heterocycles. The number of hydrogen-bond donors (Lipinski definition) is 1. The Kier molecular flexibility index (Phi) is 5.29. The van der Waals surface area contributed by atoms with Crippen LogP contribution in [0.1, 0.15) is 29.2 Å². The highest BCUT2D eigenvalue weighted by atomic mass is 16.5. The summed E-state index contributed by atoms with van der Waals surface area (Å²) >= 11 is 0. The molecule has 0 atom stereocenters. The van der Waals surface area contributed by atoms with E-state index in [1.807, 2.05) is 30.3 Å². The van der Waals surface area contributed by atoms with Crippen LogP contribution in [0, 0.1) is 0 Å². The minimum absolute atomic E-state index is 0.0875. The van der Waals surface area contributed by atoms with Gasteiger partial charge in [-0.15, -0.1) is 0 Å². The normalized spacial score (nSPS) is 15.4. The third kappa shape index (κ3) is 4.34. The Labute approximate surface area is 162 Å². The van der Waals surface area contributed by atoms with E-state index in [4.69, 9.17) is 15.0 Å². The highest BCUT2D eigenvalue weighted by Gasteiger charge is 2.22. The van der Waals surface area contributed by atoms with Gasteiger partial charge in [0.25, 0.3) is 11.8 Å². The predicted molar refractivity (Wildman–Crippen MR) is 101 cm³/mol. The summed E-state index contributed by atoms with van der Waals surface area (Å²) in [7, 11) is 0. The van der Waals surface area contributed by atoms with Crippen LogP contribution in [0.2, 0.25) is 0 Å². The standard InChI is InChI=1S/C20H21N5O3/c21-19(26)17-12-16(6-9-22-17)27-15-7-10-25(11-8-15)13-18-23-20(28-24-18)14-4-2-1-3-5-14/h1-6,9,12,15H,7-8,10-11,13H2,(H2,21,26). The summed E-state index contributed by atoms with van der Waals surface area (Å²) < 4.78 is 11.3. The van der Waals surface area contributed by atoms with Crippen molar-refractivity contribution in [3.8, 4) is 17.2 Å². The number of piperidine rings is 1. The number of rotatable bonds is 6. The van der Waals surface area contributed by atoms with E-state index in [-0.39, 0.29) is 11.8 Å². The second-order valence-corrected chi connectivity index (χ2v) is 6.72. The number of likely N-dealkylation sites (tertiary alicyclic amines) is 1. The van der Waals surface area contributed by atoms with Crippen molar-refractivity contribution >= 4 is 5.91 Å². The van der Waals surface area contributed by atoms with Crippen LogP contribution in [0.15, 0.2) is 53.2 Å². The molecule has 4 rings (SSSR count). The Balaban J connectivity index is 1.29. The van der Waals surface area contributed by atoms with E-state index in [0.717, 1.165) is 31.5 Å². The van der Waals surface area contributed by atoms with E-state index in [1.165, 1.54) is 6.20 Å². The van der Waals surface area contributed by atoms with Crippen LogP contribution < -0.4 is 10.5 Å². The summed E-state index contributed by atoms with van der Waals surface area (Å²) in [5, 5.41) is 4.09. The average molecular weight is 379 g/mol. The maximum atomic E-state index is 11.2. The Hall–Kier alpha value is -3.26. The Morgan fingerprint density at radius 1 is 1.21 bits per heavy atom. The van der Waals surface area contributed by atoms with E-state index in [1.54, 1.807) is 12.1 Å². The summed E-state index contributed by atoms with van der Waals surface area (Å²) in [4.78, 5) is 21.9. The predicted octanol–water partition coefficient (Wildman–Crippen LogP) is 2.27. The van der Waals surface area contributed by atoms with Gasteiger partial charge in [0, 0.05) is 30.9 Å². The maximum absolute atomic E-state index is 11.2. The number of hydrogen-bond acceptors (Lipinski definition) is 7. The smallest absolute Gasteiger partial charge is 0.267 e. The fraction of sp³-hybridized carbons (Fsp3) is 0.300. The quantitative estimate of drug-likeness (QED) is 0.700. The zero-order valence-corrected chi connectivity index (χ0v) is 15.3. The first-order valence-electron chi connectivity index (χ1n) is 9.20. The zero-order valence-electron chi connectivity index (χ0n) is 15.3. The third-order valence-electron chi connectivity index (χ3n) is 4.68. The molecular formula is C20H21N5O3. The van der Waals surface area contributed by atoms with Gasteiger partial charge >= 0.3 is 0 Å². The summed E-state index contributed by atoms with van der Waals surface area (Å²) in [6.07, 6.45) is 3.37. The fourth-order valence-electron chi connectivity index (χ4n) is 3.21. The number of ether oxygens (including phenoxy) is 1. The first kappa shape index (κ1) is 18.1. The first-order valence-corrected chi connectivity index (χ1v) is 9.20. The van der Waals surface area contributed by atoms with Crippen LogP contribution in [0.25, 0.3) is 11.5 Å². The minimum atomic E-state index is -0.560. The maximum Gasteiger partial charge on any atom is 0.267 e. The molecule has 0 spiro atoms. The molecule has 144 valence electrons. The fourth-order valence-corrected chi connectivity index (χ4v) is 3.21. The van der Waals surface area contributed by atoms with Gasteiger partial charge in [-0.25, -0.2) is 0 Å². The molecule has 1 fully saturated rings. The van der Waals surface area contributed by atoms with Crippen LogP contribution in [0.3, 0.4) is 0 Å². The molecule has 2 aromatic heterocycles. The molecule has 1 aromatic carbocycles. The lowest BCUT2D eigenvalue weighted by atomic mass is 10.1. The molecule has 8 nitrogen and oxygen atoms in total. The van der Waals surface area contributed by atoms with Gasteiger partial charge in [-0.2, -0.15) is 4.98 Å². The Morgan fingerprint density at radius 2 is 2.00 bits per heavy atom. The van der Waals surface area contributed by atoms with Crippen LogP contribution >= 0.6 is 0 Å². The number of primary amides is 1. The lowest BCUT2D eigenvalue weighted by Crippen LogP contribution is -2.38. The summed E-state index contributed by atoms with van der Waals surface area (Å²) in [6, 6.07) is 13.1. The number of carbonyl (C=O) groups excluding carboxylic acids is 1. The molecular weight excluding hydrogens is 358 g/mol. The lowest BCUT2D eigenvalue weighted by molar-refractivity contribution is 0.0938. The molecule has 8 heteroatoms. The number of carbonyl (C=O) groups is 1. The van der Waals surface area contributed by atoms with Gasteiger partial charge in [-0.05, 0) is 31.0 Å². The van der Waals surface area contributed by atoms with Crippen molar-refractivity contribution in [1.29, 1.82) is 0 Å². The number of pyridine rings is 1. The van der Waals surface area contributed by atoms with Crippen LogP contribution in [0.5, 0.6) is 5.75 Å². The molecule has 28 heavy (non-hydrogen) atoms. The number of amides is 1. The summed E-state index contributed by atoms with van der Waals surface area (Å²) in [5.74, 6) is 1.28. The molecule has 0 bridgehead atoms. The third-order valence-corrected chi connectivity index (χ3v) is 4.68. The highest BCUT2D eigenvalue weighted by Crippen LogP contribution is 2.21. The number of nitrogens with zero attached hydrogens (tertiary/aromatic N) is 4. The minimum Gasteiger partial charge on any atom is -0.490 e. The number of nitrogens with two attached hydrogens (primary N) is 1. The van der Waals surface area contributed by atoms with Crippen molar-refractivity contribution in [2.75, 3.05) is 13.1 Å². The van der Waals surface area contributed by atoms with Crippen molar-refractivity contribution < 1.29 is 14.1 Å². The molecule has 1 amide bonds. The Morgan fingerprint density at radius 3 is 2.75 bits per heavy atom. The highest BCUT2D eigenvalue weighted by molar-refractivity contribution is 5.91. The molecule has 0 saturated carbocycles. The molecule has 0 radical (unpaired) electrons. The molecule has 0 unspecified atom stereocenters. The van der Waals surface area contributed by atoms with Crippen LogP contribution in [-0.4, -0.2) is 45.1 Å². The van der Waals surface area contributed by atoms with Gasteiger partial charge in [-0.3, -0.25) is 14.7 Å². The van der Waals surface area contributed by atoms with E-state index < -0.39 is 5.91 Å². The van der Waals surface area contributed by atoms with Crippen LogP contribution in [0.4, 0.5) is 0 Å². The number of aromatic nitrogens is 3. The summed E-state index contributed by atoms with van der Waals surface area (Å²) in [5.41, 5.74) is 6.39. The van der Waals surface area contributed by atoms with Crippen LogP contribution in [-0.2, 0) is 6.54 Å². The van der Waals surface area contributed by atoms with Crippen molar-refractivity contribution in [2.24, 2.45) is 5.73 Å². The second-order valence-electron chi connectivity index (χ2n) is 6.72. The van der Waals surface area contributed by atoms with Gasteiger partial charge in [0.15, 0.2) is 5.82 Å². The molecule has 3 heterocycles. The van der Waals surface area contributed by atoms with Gasteiger partial charge in [0.05, 0.1) is 6.54 Å². The van der Waals surface area contributed by atoms with Gasteiger partial charge in [0.1, 0.15) is 17.5 Å². The van der Waals surface area contributed by atoms with Gasteiger partial charge < -0.3 is 15.0 Å². The van der Waals surface area contributed by atoms with Crippen molar-refractivity contribution in [1.82, 2.24) is 20.0 Å². The van der Waals surface area contributed by atoms with Gasteiger partial charge in [-0.1, -0.05) is 23.4 Å². The molecule has 0 aliphatic carbocycles. The van der Waals surface area contributed by atoms with E-state index in [2.05, 4.69) is 20.0 Å². The molecule has 3 aromatic rings. The average Bonchev–Trinajstić information content (AvgIpc) is 3.19. The topological polar surface area (TPSA) is 107 Å². The largest absolute Gasteiger partial charge is 0.490 e. The van der Waals surface area contributed by atoms with E-state index >= 15 is 0 Å². The van der Waals surface area contributed by atoms with Crippen molar-refractivity contribution in [2.45, 2.75) is 25.5 Å². The lowest BCUT2D eigenvalue weighted by Gasteiger charge is -2.31. The molecule has 1 aliphatic rings. The van der Waals surface area contributed by atoms with Gasteiger partial charge in [0.2, 0.25) is 0 Å². The van der Waals surface area contributed by atoms with E-state index in [0.29, 0.717) is 24.0 Å². The Bertz CT molecular complexity index is 936. The summed E-state index contributed by atoms with van der Waals surface area (Å²) in [6.45, 7) is 2.38. The SMILES string of the molecule is NC(=O)c1cc(OC2CCN(Cc3noc(-c4ccccc4)n3)CC2)ccn1. The molecule has 2 N–H and O–H groups in total. The molecule has 1 saturated heterocycles. The van der Waals surface area contributed by atoms with Crippen molar-refractivity contribution in [3.05, 3.63) is 60.2 Å². The zero-order chi connectivity index (χ0) is 19.3. The second kappa shape index (κ2) is 8.18. The van der Waals surface area contributed by atoms with Crippen molar-refractivity contribution in [3.63, 3.8) is 0 Å². The monoisotopic (exact) mass is 379 g/mol. The first-order chi connectivity index (χ1) is 13.7. The number of benzene rings is 1. The van der Waals surface area contributed by atoms with E-state index in [9.17, 15) is 4.79 Å².